The van der Waals surface area contributed by atoms with Crippen LogP contribution in [0.15, 0.2) is 54.9 Å². The molecule has 1 saturated heterocycles. The Kier molecular flexibility index (Phi) is 5.34. The van der Waals surface area contributed by atoms with E-state index in [1.807, 2.05) is 18.3 Å². The minimum atomic E-state index is -0.128. The van der Waals surface area contributed by atoms with Crippen LogP contribution in [0.5, 0.6) is 5.88 Å². The van der Waals surface area contributed by atoms with Gasteiger partial charge < -0.3 is 19.4 Å². The van der Waals surface area contributed by atoms with Crippen molar-refractivity contribution in [2.45, 2.75) is 25.5 Å². The number of benzene rings is 1. The van der Waals surface area contributed by atoms with E-state index in [-0.39, 0.29) is 12.0 Å². The fourth-order valence-corrected chi connectivity index (χ4v) is 3.28. The van der Waals surface area contributed by atoms with Gasteiger partial charge >= 0.3 is 0 Å². The van der Waals surface area contributed by atoms with Crippen LogP contribution >= 0.6 is 0 Å². The molecule has 0 saturated carbocycles. The Balaban J connectivity index is 1.29. The number of fused-ring (bicyclic) bond motifs is 1. The molecule has 1 fully saturated rings. The van der Waals surface area contributed by atoms with Gasteiger partial charge in [-0.3, -0.25) is 4.79 Å². The highest BCUT2D eigenvalue weighted by atomic mass is 16.5. The van der Waals surface area contributed by atoms with Crippen LogP contribution in [0.4, 0.5) is 0 Å². The molecule has 4 rings (SSSR count). The smallest absolute Gasteiger partial charge is 0.252 e. The van der Waals surface area contributed by atoms with Crippen LogP contribution in [0.25, 0.3) is 10.9 Å². The number of amides is 1. The van der Waals surface area contributed by atoms with Crippen molar-refractivity contribution in [3.8, 4) is 5.88 Å². The molecule has 0 bridgehead atoms. The first-order valence-electron chi connectivity index (χ1n) is 9.32. The number of para-hydroxylation sites is 1. The number of hydrogen-bond acceptors (Lipinski definition) is 4. The summed E-state index contributed by atoms with van der Waals surface area (Å²) in [5.74, 6) is 0.425. The van der Waals surface area contributed by atoms with E-state index < -0.39 is 0 Å². The van der Waals surface area contributed by atoms with Gasteiger partial charge in [0.2, 0.25) is 5.88 Å². The Morgan fingerprint density at radius 2 is 2.04 bits per heavy atom. The second-order valence-corrected chi connectivity index (χ2v) is 6.64. The second kappa shape index (κ2) is 8.22. The van der Waals surface area contributed by atoms with E-state index in [0.29, 0.717) is 18.0 Å². The summed E-state index contributed by atoms with van der Waals surface area (Å²) in [6.45, 7) is 2.72. The van der Waals surface area contributed by atoms with Gasteiger partial charge in [-0.25, -0.2) is 4.98 Å². The quantitative estimate of drug-likeness (QED) is 0.729. The Hall–Kier alpha value is -2.86. The molecule has 1 aromatic carbocycles. The fourth-order valence-electron chi connectivity index (χ4n) is 3.28. The van der Waals surface area contributed by atoms with Gasteiger partial charge in [0, 0.05) is 49.9 Å². The lowest BCUT2D eigenvalue weighted by Crippen LogP contribution is -2.27. The van der Waals surface area contributed by atoms with Gasteiger partial charge in [-0.15, -0.1) is 0 Å². The van der Waals surface area contributed by atoms with Crippen LogP contribution in [0.2, 0.25) is 0 Å². The molecular weight excluding hydrogens is 342 g/mol. The van der Waals surface area contributed by atoms with Crippen LogP contribution in [0.3, 0.4) is 0 Å². The molecule has 1 aliphatic heterocycles. The van der Waals surface area contributed by atoms with Crippen molar-refractivity contribution in [2.24, 2.45) is 0 Å². The molecule has 1 N–H and O–H groups in total. The average molecular weight is 365 g/mol. The van der Waals surface area contributed by atoms with Crippen molar-refractivity contribution < 1.29 is 14.3 Å². The summed E-state index contributed by atoms with van der Waals surface area (Å²) in [4.78, 5) is 16.6. The molecule has 6 nitrogen and oxygen atoms in total. The summed E-state index contributed by atoms with van der Waals surface area (Å²) in [6, 6.07) is 13.8. The highest BCUT2D eigenvalue weighted by Gasteiger charge is 2.16. The highest BCUT2D eigenvalue weighted by molar-refractivity contribution is 5.93. The van der Waals surface area contributed by atoms with Gasteiger partial charge in [-0.05, 0) is 23.6 Å². The Labute approximate surface area is 158 Å². The molecular formula is C21H23N3O3. The minimum absolute atomic E-state index is 0.128. The molecule has 0 atom stereocenters. The zero-order valence-electron chi connectivity index (χ0n) is 15.1. The van der Waals surface area contributed by atoms with Crippen LogP contribution in [-0.4, -0.2) is 41.3 Å². The molecule has 0 radical (unpaired) electrons. The number of rotatable bonds is 6. The van der Waals surface area contributed by atoms with Crippen molar-refractivity contribution in [3.63, 3.8) is 0 Å². The first-order valence-corrected chi connectivity index (χ1v) is 9.32. The van der Waals surface area contributed by atoms with Gasteiger partial charge in [0.1, 0.15) is 6.10 Å². The first-order chi connectivity index (χ1) is 13.3. The molecule has 0 aliphatic carbocycles. The number of ether oxygens (including phenoxy) is 2. The van der Waals surface area contributed by atoms with E-state index in [2.05, 4.69) is 33.1 Å². The fraction of sp³-hybridized carbons (Fsp3) is 0.333. The van der Waals surface area contributed by atoms with E-state index >= 15 is 0 Å². The number of hydrogen-bond donors (Lipinski definition) is 1. The van der Waals surface area contributed by atoms with Crippen molar-refractivity contribution in [2.75, 3.05) is 19.8 Å². The SMILES string of the molecule is O=C(NCCn1ccc2ccccc21)c1ccc(OC2CCOCC2)nc1. The van der Waals surface area contributed by atoms with Crippen molar-refractivity contribution in [3.05, 3.63) is 60.4 Å². The topological polar surface area (TPSA) is 65.4 Å². The first kappa shape index (κ1) is 17.5. The van der Waals surface area contributed by atoms with E-state index in [4.69, 9.17) is 9.47 Å². The van der Waals surface area contributed by atoms with Gasteiger partial charge in [0.25, 0.3) is 5.91 Å². The maximum atomic E-state index is 12.3. The summed E-state index contributed by atoms with van der Waals surface area (Å²) in [5, 5.41) is 4.15. The molecule has 0 unspecified atom stereocenters. The molecule has 1 amide bonds. The van der Waals surface area contributed by atoms with E-state index in [9.17, 15) is 4.79 Å². The third kappa shape index (κ3) is 4.28. The van der Waals surface area contributed by atoms with Crippen LogP contribution in [-0.2, 0) is 11.3 Å². The summed E-state index contributed by atoms with van der Waals surface area (Å²) in [5.41, 5.74) is 1.70. The zero-order valence-corrected chi connectivity index (χ0v) is 15.1. The Bertz CT molecular complexity index is 898. The van der Waals surface area contributed by atoms with Gasteiger partial charge in [0.05, 0.1) is 18.8 Å². The third-order valence-electron chi connectivity index (χ3n) is 4.77. The largest absolute Gasteiger partial charge is 0.474 e. The monoisotopic (exact) mass is 365 g/mol. The van der Waals surface area contributed by atoms with Gasteiger partial charge in [-0.1, -0.05) is 18.2 Å². The van der Waals surface area contributed by atoms with Crippen LogP contribution in [0, 0.1) is 0 Å². The number of carbonyl (C=O) groups excluding carboxylic acids is 1. The molecule has 1 aliphatic rings. The lowest BCUT2D eigenvalue weighted by molar-refractivity contribution is 0.0237. The van der Waals surface area contributed by atoms with E-state index in [0.717, 1.165) is 32.6 Å². The minimum Gasteiger partial charge on any atom is -0.474 e. The Morgan fingerprint density at radius 1 is 1.19 bits per heavy atom. The number of nitrogens with zero attached hydrogens (tertiary/aromatic N) is 2. The molecule has 3 heterocycles. The predicted octanol–water partition coefficient (Wildman–Crippen LogP) is 3.02. The maximum Gasteiger partial charge on any atom is 0.252 e. The van der Waals surface area contributed by atoms with Crippen molar-refractivity contribution >= 4 is 16.8 Å². The van der Waals surface area contributed by atoms with E-state index in [1.54, 1.807) is 18.3 Å². The molecule has 27 heavy (non-hydrogen) atoms. The summed E-state index contributed by atoms with van der Waals surface area (Å²) in [6.07, 6.45) is 5.49. The number of pyridine rings is 1. The maximum absolute atomic E-state index is 12.3. The molecule has 6 heteroatoms. The van der Waals surface area contributed by atoms with Crippen LogP contribution in [0.1, 0.15) is 23.2 Å². The third-order valence-corrected chi connectivity index (χ3v) is 4.77. The summed E-state index contributed by atoms with van der Waals surface area (Å²) in [7, 11) is 0. The average Bonchev–Trinajstić information content (AvgIpc) is 3.12. The molecule has 2 aromatic heterocycles. The van der Waals surface area contributed by atoms with Crippen molar-refractivity contribution in [1.82, 2.24) is 14.9 Å². The second-order valence-electron chi connectivity index (χ2n) is 6.64. The van der Waals surface area contributed by atoms with Gasteiger partial charge in [-0.2, -0.15) is 0 Å². The van der Waals surface area contributed by atoms with Crippen LogP contribution < -0.4 is 10.1 Å². The molecule has 140 valence electrons. The number of nitrogens with one attached hydrogen (secondary N) is 1. The van der Waals surface area contributed by atoms with Gasteiger partial charge in [0.15, 0.2) is 0 Å². The lowest BCUT2D eigenvalue weighted by Gasteiger charge is -2.22. The number of carbonyl (C=O) groups is 1. The normalized spacial score (nSPS) is 15.0. The number of aromatic nitrogens is 2. The molecule has 3 aromatic rings. The highest BCUT2D eigenvalue weighted by Crippen LogP contribution is 2.16. The predicted molar refractivity (Wildman–Crippen MR) is 103 cm³/mol. The standard InChI is InChI=1S/C21H23N3O3/c25-21(22-10-12-24-11-7-16-3-1-2-4-19(16)24)17-5-6-20(23-15-17)27-18-8-13-26-14-9-18/h1-7,11,15,18H,8-10,12-14H2,(H,22,25). The Morgan fingerprint density at radius 3 is 2.85 bits per heavy atom. The lowest BCUT2D eigenvalue weighted by atomic mass is 10.1. The summed E-state index contributed by atoms with van der Waals surface area (Å²) >= 11 is 0. The zero-order chi connectivity index (χ0) is 18.5. The summed E-state index contributed by atoms with van der Waals surface area (Å²) < 4.78 is 13.3. The van der Waals surface area contributed by atoms with E-state index in [1.165, 1.54) is 10.9 Å². The molecule has 0 spiro atoms. The van der Waals surface area contributed by atoms with Crippen molar-refractivity contribution in [1.29, 1.82) is 0 Å².